The second kappa shape index (κ2) is 7.11. The summed E-state index contributed by atoms with van der Waals surface area (Å²) in [4.78, 5) is 26.7. The molecule has 0 aromatic heterocycles. The van der Waals surface area contributed by atoms with Crippen LogP contribution in [0.4, 0.5) is 0 Å². The minimum Gasteiger partial charge on any atom is -0.508 e. The lowest BCUT2D eigenvalue weighted by Crippen LogP contribution is -2.33. The van der Waals surface area contributed by atoms with Crippen LogP contribution in [-0.4, -0.2) is 48.2 Å². The van der Waals surface area contributed by atoms with Gasteiger partial charge in [-0.15, -0.1) is 0 Å². The number of carbonyl (C=O) groups is 2. The smallest absolute Gasteiger partial charge is 0.340 e. The molecule has 1 saturated heterocycles. The highest BCUT2D eigenvalue weighted by molar-refractivity contribution is 6.16. The molecule has 0 aliphatic carbocycles. The van der Waals surface area contributed by atoms with Gasteiger partial charge in [0.25, 0.3) is 5.91 Å². The fourth-order valence-electron chi connectivity index (χ4n) is 3.18. The minimum atomic E-state index is -0.536. The molecule has 1 amide bonds. The van der Waals surface area contributed by atoms with E-state index < -0.39 is 5.97 Å². The molecule has 0 saturated carbocycles. The van der Waals surface area contributed by atoms with Crippen LogP contribution in [0, 0.1) is 0 Å². The summed E-state index contributed by atoms with van der Waals surface area (Å²) >= 11 is 0. The summed E-state index contributed by atoms with van der Waals surface area (Å²) in [6.45, 7) is 2.88. The summed E-state index contributed by atoms with van der Waals surface area (Å²) in [7, 11) is 1.30. The highest BCUT2D eigenvalue weighted by Crippen LogP contribution is 2.32. The van der Waals surface area contributed by atoms with Crippen LogP contribution in [0.2, 0.25) is 0 Å². The lowest BCUT2D eigenvalue weighted by atomic mass is 10.0. The van der Waals surface area contributed by atoms with Crippen molar-refractivity contribution in [1.82, 2.24) is 4.90 Å². The lowest BCUT2D eigenvalue weighted by molar-refractivity contribution is -0.136. The predicted molar refractivity (Wildman–Crippen MR) is 91.5 cm³/mol. The van der Waals surface area contributed by atoms with Gasteiger partial charge < -0.3 is 19.5 Å². The number of methoxy groups -OCH3 is 1. The third-order valence-corrected chi connectivity index (χ3v) is 4.52. The molecule has 1 aromatic rings. The van der Waals surface area contributed by atoms with Crippen molar-refractivity contribution in [2.45, 2.75) is 25.9 Å². The molecular formula is C19H21NO5. The Bertz CT molecular complexity index is 742. The van der Waals surface area contributed by atoms with Crippen molar-refractivity contribution >= 4 is 18.0 Å². The van der Waals surface area contributed by atoms with Gasteiger partial charge >= 0.3 is 5.97 Å². The van der Waals surface area contributed by atoms with E-state index in [0.29, 0.717) is 30.0 Å². The molecule has 2 heterocycles. The summed E-state index contributed by atoms with van der Waals surface area (Å²) in [5, 5.41) is 9.40. The summed E-state index contributed by atoms with van der Waals surface area (Å²) in [5.74, 6) is -0.632. The molecule has 1 unspecified atom stereocenters. The Morgan fingerprint density at radius 1 is 1.40 bits per heavy atom. The molecule has 0 radical (unpaired) electrons. The van der Waals surface area contributed by atoms with Crippen molar-refractivity contribution in [3.8, 4) is 5.75 Å². The van der Waals surface area contributed by atoms with E-state index in [2.05, 4.69) is 0 Å². The van der Waals surface area contributed by atoms with E-state index >= 15 is 0 Å². The SMILES string of the molecule is COC(=O)C1=C(C)N(CC2CCCO2)C(=O)C1=Cc1ccc(O)cc1. The van der Waals surface area contributed by atoms with E-state index in [4.69, 9.17) is 9.47 Å². The topological polar surface area (TPSA) is 76.1 Å². The van der Waals surface area contributed by atoms with Gasteiger partial charge in [-0.25, -0.2) is 4.79 Å². The molecular weight excluding hydrogens is 322 g/mol. The van der Waals surface area contributed by atoms with Gasteiger partial charge in [-0.1, -0.05) is 12.1 Å². The van der Waals surface area contributed by atoms with Crippen LogP contribution in [0.3, 0.4) is 0 Å². The zero-order chi connectivity index (χ0) is 18.0. The first kappa shape index (κ1) is 17.2. The van der Waals surface area contributed by atoms with Gasteiger partial charge in [0.05, 0.1) is 30.9 Å². The fraction of sp³-hybridized carbons (Fsp3) is 0.368. The standard InChI is InChI=1S/C19H21NO5/c1-12-17(19(23)24-2)16(10-13-5-7-14(21)8-6-13)18(22)20(12)11-15-4-3-9-25-15/h5-8,10,15,21H,3-4,9,11H2,1-2H3. The number of esters is 1. The van der Waals surface area contributed by atoms with E-state index in [-0.39, 0.29) is 23.3 Å². The molecule has 1 fully saturated rings. The Morgan fingerprint density at radius 3 is 2.72 bits per heavy atom. The molecule has 3 rings (SSSR count). The van der Waals surface area contributed by atoms with Crippen LogP contribution in [0.15, 0.2) is 41.1 Å². The Hall–Kier alpha value is -2.60. The van der Waals surface area contributed by atoms with Crippen molar-refractivity contribution in [2.24, 2.45) is 0 Å². The highest BCUT2D eigenvalue weighted by atomic mass is 16.5. The van der Waals surface area contributed by atoms with Crippen LogP contribution < -0.4 is 0 Å². The number of amides is 1. The molecule has 6 heteroatoms. The summed E-state index contributed by atoms with van der Waals surface area (Å²) in [6, 6.07) is 6.43. The van der Waals surface area contributed by atoms with Gasteiger partial charge in [-0.2, -0.15) is 0 Å². The number of benzene rings is 1. The van der Waals surface area contributed by atoms with Gasteiger partial charge in [0.1, 0.15) is 5.75 Å². The second-order valence-corrected chi connectivity index (χ2v) is 6.15. The lowest BCUT2D eigenvalue weighted by Gasteiger charge is -2.21. The zero-order valence-corrected chi connectivity index (χ0v) is 14.3. The number of carbonyl (C=O) groups excluding carboxylic acids is 2. The maximum atomic E-state index is 12.9. The van der Waals surface area contributed by atoms with Crippen LogP contribution in [0.25, 0.3) is 6.08 Å². The van der Waals surface area contributed by atoms with Gasteiger partial charge in [-0.3, -0.25) is 4.79 Å². The monoisotopic (exact) mass is 343 g/mol. The van der Waals surface area contributed by atoms with E-state index in [0.717, 1.165) is 12.8 Å². The Balaban J connectivity index is 1.96. The molecule has 0 bridgehead atoms. The summed E-state index contributed by atoms with van der Waals surface area (Å²) in [6.07, 6.45) is 3.52. The molecule has 132 valence electrons. The molecule has 0 spiro atoms. The van der Waals surface area contributed by atoms with E-state index in [9.17, 15) is 14.7 Å². The third kappa shape index (κ3) is 3.44. The maximum absolute atomic E-state index is 12.9. The summed E-state index contributed by atoms with van der Waals surface area (Å²) in [5.41, 5.74) is 1.87. The number of allylic oxidation sites excluding steroid dienone is 1. The third-order valence-electron chi connectivity index (χ3n) is 4.52. The van der Waals surface area contributed by atoms with Crippen LogP contribution in [0.5, 0.6) is 5.75 Å². The first-order valence-electron chi connectivity index (χ1n) is 8.25. The first-order chi connectivity index (χ1) is 12.0. The van der Waals surface area contributed by atoms with Crippen molar-refractivity contribution in [1.29, 1.82) is 0 Å². The number of phenols is 1. The number of nitrogens with zero attached hydrogens (tertiary/aromatic N) is 1. The minimum absolute atomic E-state index is 0.00850. The second-order valence-electron chi connectivity index (χ2n) is 6.15. The maximum Gasteiger partial charge on any atom is 0.340 e. The van der Waals surface area contributed by atoms with E-state index in [1.807, 2.05) is 0 Å². The molecule has 1 N–H and O–H groups in total. The van der Waals surface area contributed by atoms with Gasteiger partial charge in [-0.05, 0) is 43.5 Å². The van der Waals surface area contributed by atoms with Gasteiger partial charge in [0, 0.05) is 12.3 Å². The molecule has 1 atom stereocenters. The van der Waals surface area contributed by atoms with Crippen LogP contribution in [-0.2, 0) is 19.1 Å². The predicted octanol–water partition coefficient (Wildman–Crippen LogP) is 2.24. The Kier molecular flexibility index (Phi) is 4.90. The fourth-order valence-corrected chi connectivity index (χ4v) is 3.18. The number of hydrogen-bond donors (Lipinski definition) is 1. The number of aromatic hydroxyl groups is 1. The van der Waals surface area contributed by atoms with Gasteiger partial charge in [0.15, 0.2) is 0 Å². The van der Waals surface area contributed by atoms with Crippen molar-refractivity contribution in [3.63, 3.8) is 0 Å². The Morgan fingerprint density at radius 2 is 2.12 bits per heavy atom. The Labute approximate surface area is 146 Å². The average Bonchev–Trinajstić information content (AvgIpc) is 3.19. The quantitative estimate of drug-likeness (QED) is 0.670. The van der Waals surface area contributed by atoms with Crippen molar-refractivity contribution < 1.29 is 24.2 Å². The molecule has 1 aromatic carbocycles. The van der Waals surface area contributed by atoms with Crippen molar-refractivity contribution in [2.75, 3.05) is 20.3 Å². The van der Waals surface area contributed by atoms with Gasteiger partial charge in [0.2, 0.25) is 0 Å². The van der Waals surface area contributed by atoms with E-state index in [1.54, 1.807) is 30.0 Å². The largest absolute Gasteiger partial charge is 0.508 e. The molecule has 2 aliphatic heterocycles. The first-order valence-corrected chi connectivity index (χ1v) is 8.25. The zero-order valence-electron chi connectivity index (χ0n) is 14.3. The number of hydrogen-bond acceptors (Lipinski definition) is 5. The molecule has 6 nitrogen and oxygen atoms in total. The summed E-state index contributed by atoms with van der Waals surface area (Å²) < 4.78 is 10.5. The molecule has 25 heavy (non-hydrogen) atoms. The highest BCUT2D eigenvalue weighted by Gasteiger charge is 2.38. The molecule has 2 aliphatic rings. The van der Waals surface area contributed by atoms with E-state index in [1.165, 1.54) is 19.2 Å². The van der Waals surface area contributed by atoms with Crippen molar-refractivity contribution in [3.05, 3.63) is 46.7 Å². The van der Waals surface area contributed by atoms with Crippen LogP contribution >= 0.6 is 0 Å². The number of ether oxygens (including phenoxy) is 2. The average molecular weight is 343 g/mol. The van der Waals surface area contributed by atoms with Crippen LogP contribution in [0.1, 0.15) is 25.3 Å². The number of phenolic OH excluding ortho intramolecular Hbond substituents is 1. The number of rotatable bonds is 4. The normalized spacial score (nSPS) is 22.2.